The number of ether oxygens (including phenoxy) is 6. The second-order valence-corrected chi connectivity index (χ2v) is 22.0. The van der Waals surface area contributed by atoms with E-state index >= 15 is 0 Å². The third kappa shape index (κ3) is 8.69. The molecule has 12 N–H and O–H groups in total. The Morgan fingerprint density at radius 3 is 1.94 bits per heavy atom. The highest BCUT2D eigenvalue weighted by atomic mass is 16.7. The largest absolute Gasteiger partial charge is 0.394 e. The minimum Gasteiger partial charge on any atom is -0.394 e. The predicted octanol–water partition coefficient (Wildman–Crippen LogP) is -0.807. The molecule has 3 heterocycles. The average Bonchev–Trinajstić information content (AvgIpc) is 3.61. The third-order valence-electron chi connectivity index (χ3n) is 17.8. The van der Waals surface area contributed by atoms with Gasteiger partial charge in [-0.15, -0.1) is 0 Å². The number of hydrogen-bond acceptors (Lipinski definition) is 18. The van der Waals surface area contributed by atoms with E-state index in [2.05, 4.69) is 26.8 Å². The van der Waals surface area contributed by atoms with Crippen LogP contribution < -0.4 is 0 Å². The van der Waals surface area contributed by atoms with Crippen molar-refractivity contribution >= 4 is 0 Å². The molecule has 3 saturated heterocycles. The summed E-state index contributed by atoms with van der Waals surface area (Å²) in [5.74, 6) is -0.421. The molecule has 18 heteroatoms. The van der Waals surface area contributed by atoms with Gasteiger partial charge in [-0.25, -0.2) is 0 Å². The number of allylic oxidation sites excluding steroid dienone is 2. The van der Waals surface area contributed by atoms with Crippen LogP contribution in [-0.4, -0.2) is 192 Å². The maximum atomic E-state index is 12.6. The van der Waals surface area contributed by atoms with E-state index in [-0.39, 0.29) is 41.1 Å². The van der Waals surface area contributed by atoms with Gasteiger partial charge in [0, 0.05) is 0 Å². The van der Waals surface area contributed by atoms with Crippen LogP contribution in [0.25, 0.3) is 0 Å². The topological polar surface area (TPSA) is 298 Å². The lowest BCUT2D eigenvalue weighted by molar-refractivity contribution is -0.344. The van der Waals surface area contributed by atoms with Crippen LogP contribution >= 0.6 is 0 Å². The van der Waals surface area contributed by atoms with E-state index in [9.17, 15) is 61.3 Å². The maximum absolute atomic E-state index is 12.6. The van der Waals surface area contributed by atoms with Crippen molar-refractivity contribution < 1.29 is 89.7 Å². The molecule has 370 valence electrons. The Hall–Kier alpha value is -0.980. The van der Waals surface area contributed by atoms with Crippen molar-refractivity contribution in [3.8, 4) is 0 Å². The summed E-state index contributed by atoms with van der Waals surface area (Å²) in [4.78, 5) is 0. The Balaban J connectivity index is 1.10. The van der Waals surface area contributed by atoms with Gasteiger partial charge in [-0.3, -0.25) is 0 Å². The Kier molecular flexibility index (Phi) is 15.2. The van der Waals surface area contributed by atoms with Crippen molar-refractivity contribution in [2.24, 2.45) is 45.3 Å². The highest BCUT2D eigenvalue weighted by Crippen LogP contribution is 2.75. The number of fused-ring (bicyclic) bond motifs is 5. The van der Waals surface area contributed by atoms with Crippen molar-refractivity contribution in [2.45, 2.75) is 210 Å². The zero-order valence-electron chi connectivity index (χ0n) is 38.4. The molecule has 64 heavy (non-hydrogen) atoms. The number of aliphatic hydroxyl groups excluding tert-OH is 12. The molecule has 7 fully saturated rings. The molecule has 0 radical (unpaired) electrons. The Bertz CT molecular complexity index is 1610. The van der Waals surface area contributed by atoms with E-state index in [1.807, 2.05) is 27.7 Å². The summed E-state index contributed by atoms with van der Waals surface area (Å²) in [6.45, 7) is 13.6. The molecule has 4 aliphatic carbocycles. The quantitative estimate of drug-likeness (QED) is 0.0842. The first-order valence-electron chi connectivity index (χ1n) is 23.5. The summed E-state index contributed by atoms with van der Waals surface area (Å²) in [6, 6.07) is 0. The van der Waals surface area contributed by atoms with Gasteiger partial charge in [-0.2, -0.15) is 0 Å². The normalized spacial score (nSPS) is 53.1. The lowest BCUT2D eigenvalue weighted by atomic mass is 9.35. The van der Waals surface area contributed by atoms with Gasteiger partial charge in [0.1, 0.15) is 67.1 Å². The van der Waals surface area contributed by atoms with Crippen molar-refractivity contribution in [3.63, 3.8) is 0 Å². The second kappa shape index (κ2) is 19.1. The SMILES string of the molecule is CC(C)=CCCC(O[C@@H]1O[C@H](CO[C@@H]2OC[C@@H](O)[C@H](O)[C@H]2O)[C@@H](O)[C@H](O)[C@H]1O)[C@H]1CC[C@]2(C)[C@@H]1[C@H](O)C[C@@H]1[C@@]3(C)C[C@@H](O)[C@H](O[C@@H]4O[C@H](CO)[C@@H](O)[C@H](O)[C@H]4O)C(C)(C)C3CC[C@]12C. The van der Waals surface area contributed by atoms with Gasteiger partial charge in [-0.1, -0.05) is 46.3 Å². The van der Waals surface area contributed by atoms with Gasteiger partial charge >= 0.3 is 0 Å². The molecular formula is C46H78O18. The van der Waals surface area contributed by atoms with Crippen molar-refractivity contribution in [1.29, 1.82) is 0 Å². The standard InChI is InChI=1S/C46H78O18/c1-20(2)9-8-10-25(61-41-37(57)35(55)33(53)27(63-41)19-60-40-36(56)31(51)24(50)18-59-40)21-11-13-46(7)30(21)22(48)15-29-44(5)16-23(49)39(43(3,4)28(44)12-14-45(29,46)6)64-42-38(58)34(54)32(52)26(17-47)62-42/h9,21-42,47-58H,8,10-19H2,1-7H3/t21-,22-,23-,24-,25?,26-,27-,28?,29-,30+,31+,32-,33-,34+,35+,36-,37-,38-,39+,40+,41-,42+,44+,45-,46-/m1/s1. The van der Waals surface area contributed by atoms with E-state index < -0.39 is 134 Å². The minimum absolute atomic E-state index is 0.00862. The number of rotatable bonds is 12. The van der Waals surface area contributed by atoms with E-state index in [0.717, 1.165) is 24.8 Å². The van der Waals surface area contributed by atoms with Crippen molar-refractivity contribution in [1.82, 2.24) is 0 Å². The van der Waals surface area contributed by atoms with Gasteiger partial charge < -0.3 is 89.7 Å². The summed E-state index contributed by atoms with van der Waals surface area (Å²) in [7, 11) is 0. The van der Waals surface area contributed by atoms with E-state index in [1.54, 1.807) is 0 Å². The zero-order valence-corrected chi connectivity index (χ0v) is 38.4. The fourth-order valence-electron chi connectivity index (χ4n) is 14.3. The highest BCUT2D eigenvalue weighted by molar-refractivity contribution is 5.20. The molecule has 0 bridgehead atoms. The summed E-state index contributed by atoms with van der Waals surface area (Å²) < 4.78 is 35.9. The van der Waals surface area contributed by atoms with E-state index in [0.29, 0.717) is 32.1 Å². The summed E-state index contributed by atoms with van der Waals surface area (Å²) >= 11 is 0. The monoisotopic (exact) mass is 919 g/mol. The second-order valence-electron chi connectivity index (χ2n) is 22.0. The predicted molar refractivity (Wildman–Crippen MR) is 224 cm³/mol. The molecule has 0 amide bonds. The van der Waals surface area contributed by atoms with Crippen LogP contribution in [0.4, 0.5) is 0 Å². The minimum atomic E-state index is -1.68. The molecule has 25 atom stereocenters. The van der Waals surface area contributed by atoms with Gasteiger partial charge in [0.2, 0.25) is 0 Å². The van der Waals surface area contributed by atoms with Crippen LogP contribution in [0.5, 0.6) is 0 Å². The van der Waals surface area contributed by atoms with Crippen LogP contribution in [0.1, 0.15) is 99.8 Å². The first kappa shape index (κ1) is 50.9. The molecule has 4 saturated carbocycles. The smallest absolute Gasteiger partial charge is 0.187 e. The van der Waals surface area contributed by atoms with Gasteiger partial charge in [0.05, 0.1) is 44.2 Å². The third-order valence-corrected chi connectivity index (χ3v) is 17.8. The lowest BCUT2D eigenvalue weighted by Crippen LogP contribution is -2.69. The first-order chi connectivity index (χ1) is 29.9. The fraction of sp³-hybridized carbons (Fsp3) is 0.957. The van der Waals surface area contributed by atoms with Crippen LogP contribution in [-0.2, 0) is 28.4 Å². The highest BCUT2D eigenvalue weighted by Gasteiger charge is 2.72. The molecule has 0 spiro atoms. The molecule has 7 aliphatic rings. The maximum Gasteiger partial charge on any atom is 0.187 e. The lowest BCUT2D eigenvalue weighted by Gasteiger charge is -2.71. The van der Waals surface area contributed by atoms with Crippen LogP contribution in [0, 0.1) is 45.3 Å². The van der Waals surface area contributed by atoms with Gasteiger partial charge in [-0.05, 0) is 111 Å². The molecule has 7 rings (SSSR count). The molecule has 18 nitrogen and oxygen atoms in total. The van der Waals surface area contributed by atoms with Gasteiger partial charge in [0.15, 0.2) is 18.9 Å². The van der Waals surface area contributed by atoms with Crippen molar-refractivity contribution in [2.75, 3.05) is 19.8 Å². The van der Waals surface area contributed by atoms with E-state index in [1.165, 1.54) is 0 Å². The Labute approximate surface area is 376 Å². The summed E-state index contributed by atoms with van der Waals surface area (Å²) in [6.07, 6.45) is -16.6. The molecule has 0 aromatic carbocycles. The van der Waals surface area contributed by atoms with Crippen LogP contribution in [0.15, 0.2) is 11.6 Å². The molecule has 3 aliphatic heterocycles. The fourth-order valence-corrected chi connectivity index (χ4v) is 14.3. The Morgan fingerprint density at radius 1 is 0.672 bits per heavy atom. The van der Waals surface area contributed by atoms with Crippen molar-refractivity contribution in [3.05, 3.63) is 11.6 Å². The molecule has 2 unspecified atom stereocenters. The van der Waals surface area contributed by atoms with Gasteiger partial charge in [0.25, 0.3) is 0 Å². The van der Waals surface area contributed by atoms with Crippen LogP contribution in [0.2, 0.25) is 0 Å². The zero-order chi connectivity index (χ0) is 47.0. The number of aliphatic hydroxyl groups is 12. The summed E-state index contributed by atoms with van der Waals surface area (Å²) in [5, 5.41) is 130. The Morgan fingerprint density at radius 2 is 1.28 bits per heavy atom. The summed E-state index contributed by atoms with van der Waals surface area (Å²) in [5.41, 5.74) is -0.696. The van der Waals surface area contributed by atoms with E-state index in [4.69, 9.17) is 28.4 Å². The van der Waals surface area contributed by atoms with Crippen LogP contribution in [0.3, 0.4) is 0 Å². The molecular weight excluding hydrogens is 840 g/mol. The molecule has 0 aromatic heterocycles. The average molecular weight is 919 g/mol. The molecule has 0 aromatic rings. The number of hydrogen-bond donors (Lipinski definition) is 12. The first-order valence-corrected chi connectivity index (χ1v) is 23.5.